The number of halogens is 1. The fourth-order valence-corrected chi connectivity index (χ4v) is 1.46. The van der Waals surface area contributed by atoms with Gasteiger partial charge in [0.05, 0.1) is 5.02 Å². The summed E-state index contributed by atoms with van der Waals surface area (Å²) in [5, 5.41) is 12.4. The number of hydrogen-bond donors (Lipinski definition) is 1. The van der Waals surface area contributed by atoms with Gasteiger partial charge in [0.1, 0.15) is 11.9 Å². The number of anilines is 1. The third-order valence-corrected chi connectivity index (χ3v) is 2.70. The molecule has 4 heteroatoms. The van der Waals surface area contributed by atoms with Crippen LogP contribution in [0.4, 0.5) is 5.82 Å². The van der Waals surface area contributed by atoms with Gasteiger partial charge in [0, 0.05) is 6.04 Å². The van der Waals surface area contributed by atoms with Crippen LogP contribution in [0, 0.1) is 17.2 Å². The SMILES string of the molecule is CC1CC1Nc1ccc(Cl)c(C#N)n1. The van der Waals surface area contributed by atoms with Crippen molar-refractivity contribution in [2.45, 2.75) is 19.4 Å². The van der Waals surface area contributed by atoms with Crippen LogP contribution in [0.2, 0.25) is 5.02 Å². The van der Waals surface area contributed by atoms with Crippen molar-refractivity contribution in [1.82, 2.24) is 4.98 Å². The zero-order valence-electron chi connectivity index (χ0n) is 7.79. The molecular weight excluding hydrogens is 198 g/mol. The van der Waals surface area contributed by atoms with Gasteiger partial charge in [-0.25, -0.2) is 4.98 Å². The number of aromatic nitrogens is 1. The van der Waals surface area contributed by atoms with Crippen LogP contribution < -0.4 is 5.32 Å². The van der Waals surface area contributed by atoms with Crippen molar-refractivity contribution in [2.75, 3.05) is 5.32 Å². The Kier molecular flexibility index (Phi) is 2.30. The second kappa shape index (κ2) is 3.47. The van der Waals surface area contributed by atoms with Crippen LogP contribution in [0.3, 0.4) is 0 Å². The van der Waals surface area contributed by atoms with E-state index in [1.54, 1.807) is 12.1 Å². The molecule has 0 aliphatic heterocycles. The highest BCUT2D eigenvalue weighted by Crippen LogP contribution is 2.32. The molecule has 1 fully saturated rings. The zero-order chi connectivity index (χ0) is 10.1. The summed E-state index contributed by atoms with van der Waals surface area (Å²) in [7, 11) is 0. The highest BCUT2D eigenvalue weighted by Gasteiger charge is 2.32. The average Bonchev–Trinajstić information content (AvgIpc) is 2.85. The lowest BCUT2D eigenvalue weighted by Crippen LogP contribution is -2.05. The van der Waals surface area contributed by atoms with Crippen LogP contribution in [0.15, 0.2) is 12.1 Å². The van der Waals surface area contributed by atoms with Crippen LogP contribution in [0.25, 0.3) is 0 Å². The largest absolute Gasteiger partial charge is 0.367 e. The Morgan fingerprint density at radius 3 is 2.93 bits per heavy atom. The standard InChI is InChI=1S/C10H10ClN3/c1-6-4-8(6)13-10-3-2-7(11)9(5-12)14-10/h2-3,6,8H,4H2,1H3,(H,13,14). The number of hydrogen-bond acceptors (Lipinski definition) is 3. The summed E-state index contributed by atoms with van der Waals surface area (Å²) in [6, 6.07) is 5.96. The maximum Gasteiger partial charge on any atom is 0.161 e. The van der Waals surface area contributed by atoms with Gasteiger partial charge in [-0.2, -0.15) is 5.26 Å². The molecule has 0 saturated heterocycles. The van der Waals surface area contributed by atoms with Crippen LogP contribution in [-0.2, 0) is 0 Å². The number of nitrogens with one attached hydrogen (secondary N) is 1. The molecule has 0 bridgehead atoms. The Morgan fingerprint density at radius 1 is 1.64 bits per heavy atom. The van der Waals surface area contributed by atoms with Crippen LogP contribution in [0.5, 0.6) is 0 Å². The molecule has 1 heterocycles. The maximum atomic E-state index is 8.72. The van der Waals surface area contributed by atoms with E-state index in [4.69, 9.17) is 16.9 Å². The first-order valence-electron chi connectivity index (χ1n) is 4.54. The molecule has 1 aliphatic rings. The molecule has 2 unspecified atom stereocenters. The van der Waals surface area contributed by atoms with Gasteiger partial charge in [0.25, 0.3) is 0 Å². The second-order valence-corrected chi connectivity index (χ2v) is 4.01. The quantitative estimate of drug-likeness (QED) is 0.811. The molecule has 0 amide bonds. The monoisotopic (exact) mass is 207 g/mol. The molecule has 1 saturated carbocycles. The number of nitriles is 1. The normalized spacial score (nSPS) is 24.1. The van der Waals surface area contributed by atoms with E-state index in [0.29, 0.717) is 17.0 Å². The molecule has 0 spiro atoms. The van der Waals surface area contributed by atoms with Gasteiger partial charge >= 0.3 is 0 Å². The number of nitrogens with zero attached hydrogens (tertiary/aromatic N) is 2. The Bertz CT molecular complexity index is 397. The molecule has 14 heavy (non-hydrogen) atoms. The van der Waals surface area contributed by atoms with Crippen LogP contribution in [0.1, 0.15) is 19.0 Å². The van der Waals surface area contributed by atoms with E-state index in [-0.39, 0.29) is 5.69 Å². The second-order valence-electron chi connectivity index (χ2n) is 3.60. The van der Waals surface area contributed by atoms with Crippen molar-refractivity contribution in [1.29, 1.82) is 5.26 Å². The van der Waals surface area contributed by atoms with Gasteiger partial charge in [0.2, 0.25) is 0 Å². The van der Waals surface area contributed by atoms with Gasteiger partial charge in [-0.05, 0) is 24.5 Å². The smallest absolute Gasteiger partial charge is 0.161 e. The van der Waals surface area contributed by atoms with Gasteiger partial charge in [-0.15, -0.1) is 0 Å². The van der Waals surface area contributed by atoms with Gasteiger partial charge < -0.3 is 5.32 Å². The van der Waals surface area contributed by atoms with E-state index in [9.17, 15) is 0 Å². The van der Waals surface area contributed by atoms with E-state index in [0.717, 1.165) is 5.82 Å². The van der Waals surface area contributed by atoms with E-state index >= 15 is 0 Å². The van der Waals surface area contributed by atoms with Gasteiger partial charge in [-0.1, -0.05) is 18.5 Å². The fourth-order valence-electron chi connectivity index (χ4n) is 1.31. The first kappa shape index (κ1) is 9.29. The minimum Gasteiger partial charge on any atom is -0.367 e. The van der Waals surface area contributed by atoms with E-state index in [1.807, 2.05) is 6.07 Å². The third-order valence-electron chi connectivity index (χ3n) is 2.39. The molecule has 1 aliphatic carbocycles. The number of rotatable bonds is 2. The molecule has 1 aromatic heterocycles. The summed E-state index contributed by atoms with van der Waals surface area (Å²) in [5.74, 6) is 1.44. The summed E-state index contributed by atoms with van der Waals surface area (Å²) in [6.07, 6.45) is 1.17. The maximum absolute atomic E-state index is 8.72. The molecule has 1 aromatic rings. The predicted molar refractivity (Wildman–Crippen MR) is 55.2 cm³/mol. The van der Waals surface area contributed by atoms with Crippen molar-refractivity contribution in [3.63, 3.8) is 0 Å². The van der Waals surface area contributed by atoms with Crippen LogP contribution >= 0.6 is 11.6 Å². The Labute approximate surface area is 87.7 Å². The predicted octanol–water partition coefficient (Wildman–Crippen LogP) is 2.43. The van der Waals surface area contributed by atoms with Gasteiger partial charge in [-0.3, -0.25) is 0 Å². The lowest BCUT2D eigenvalue weighted by atomic mass is 10.3. The van der Waals surface area contributed by atoms with Gasteiger partial charge in [0.15, 0.2) is 5.69 Å². The summed E-state index contributed by atoms with van der Waals surface area (Å²) in [6.45, 7) is 2.18. The van der Waals surface area contributed by atoms with Crippen molar-refractivity contribution in [3.05, 3.63) is 22.8 Å². The van der Waals surface area contributed by atoms with E-state index in [2.05, 4.69) is 17.2 Å². The highest BCUT2D eigenvalue weighted by atomic mass is 35.5. The topological polar surface area (TPSA) is 48.7 Å². The summed E-state index contributed by atoms with van der Waals surface area (Å²) in [4.78, 5) is 4.10. The van der Waals surface area contributed by atoms with Crippen molar-refractivity contribution in [2.24, 2.45) is 5.92 Å². The summed E-state index contributed by atoms with van der Waals surface area (Å²) >= 11 is 5.76. The molecule has 2 rings (SSSR count). The molecule has 2 atom stereocenters. The van der Waals surface area contributed by atoms with E-state index in [1.165, 1.54) is 6.42 Å². The lowest BCUT2D eigenvalue weighted by molar-refractivity contribution is 0.923. The van der Waals surface area contributed by atoms with Crippen molar-refractivity contribution < 1.29 is 0 Å². The molecule has 72 valence electrons. The molecule has 1 N–H and O–H groups in total. The number of pyridine rings is 1. The summed E-state index contributed by atoms with van der Waals surface area (Å²) < 4.78 is 0. The van der Waals surface area contributed by atoms with Crippen LogP contribution in [-0.4, -0.2) is 11.0 Å². The molecule has 0 aromatic carbocycles. The Hall–Kier alpha value is -1.27. The minimum atomic E-state index is 0.282. The lowest BCUT2D eigenvalue weighted by Gasteiger charge is -2.04. The van der Waals surface area contributed by atoms with E-state index < -0.39 is 0 Å². The first-order chi connectivity index (χ1) is 6.70. The molecule has 3 nitrogen and oxygen atoms in total. The third kappa shape index (κ3) is 1.80. The zero-order valence-corrected chi connectivity index (χ0v) is 8.54. The van der Waals surface area contributed by atoms with Crippen molar-refractivity contribution >= 4 is 17.4 Å². The highest BCUT2D eigenvalue weighted by molar-refractivity contribution is 6.31. The fraction of sp³-hybridized carbons (Fsp3) is 0.400. The summed E-state index contributed by atoms with van der Waals surface area (Å²) in [5.41, 5.74) is 0.282. The first-order valence-corrected chi connectivity index (χ1v) is 4.91. The minimum absolute atomic E-state index is 0.282. The Morgan fingerprint density at radius 2 is 2.36 bits per heavy atom. The molecular formula is C10H10ClN3. The van der Waals surface area contributed by atoms with Crippen molar-refractivity contribution in [3.8, 4) is 6.07 Å². The Balaban J connectivity index is 2.15. The average molecular weight is 208 g/mol. The molecule has 0 radical (unpaired) electrons.